The van der Waals surface area contributed by atoms with Gasteiger partial charge in [0.05, 0.1) is 9.95 Å². The molecule has 0 saturated heterocycles. The van der Waals surface area contributed by atoms with E-state index in [9.17, 15) is 19.7 Å². The van der Waals surface area contributed by atoms with Gasteiger partial charge in [-0.3, -0.25) is 20.2 Å². The number of nitrogens with one attached hydrogen (secondary N) is 2. The molecule has 0 unspecified atom stereocenters. The summed E-state index contributed by atoms with van der Waals surface area (Å²) in [6, 6.07) is 12.6. The number of amides is 2. The number of carboxylic acid groups (broad SMARTS) is 1. The number of hydrogen-bond acceptors (Lipinski definition) is 6. The number of ether oxygens (including phenoxy) is 1. The Balaban J connectivity index is 1.79. The average molecular weight is 429 g/mol. The maximum Gasteiger partial charge on any atom is 0.409 e. The number of pyridine rings is 1. The van der Waals surface area contributed by atoms with Gasteiger partial charge >= 0.3 is 11.8 Å². The number of halogens is 1. The molecule has 0 aliphatic carbocycles. The Morgan fingerprint density at radius 1 is 1.07 bits per heavy atom. The molecular weight excluding hydrogens is 416 g/mol. The van der Waals surface area contributed by atoms with Crippen LogP contribution in [0.4, 0.5) is 22.0 Å². The molecule has 3 N–H and O–H groups in total. The van der Waals surface area contributed by atoms with Crippen LogP contribution in [0.2, 0.25) is 5.02 Å². The van der Waals surface area contributed by atoms with Crippen LogP contribution in [0, 0.1) is 10.1 Å². The molecule has 0 aliphatic heterocycles. The highest BCUT2D eigenvalue weighted by Crippen LogP contribution is 2.33. The highest BCUT2D eigenvalue weighted by molar-refractivity contribution is 6.30. The highest BCUT2D eigenvalue weighted by Gasteiger charge is 2.20. The minimum atomic E-state index is -1.22. The summed E-state index contributed by atoms with van der Waals surface area (Å²) in [6.07, 6.45) is 0.135. The Bertz CT molecular complexity index is 1100. The zero-order chi connectivity index (χ0) is 21.7. The second-order valence-corrected chi connectivity index (χ2v) is 6.25. The molecule has 1 aromatic heterocycles. The molecule has 0 bridgehead atoms. The standard InChI is InChI=1S/C19H13ClN4O6/c20-12-2-8-17(21-10-12)23-18(25)11-1-7-16(15(9-11)24(28)29)30-14-5-3-13(4-6-14)22-19(26)27/h1-10,22H,(H,26,27)(H,21,23,25). The van der Waals surface area contributed by atoms with E-state index in [1.807, 2.05) is 0 Å². The normalized spacial score (nSPS) is 10.2. The summed E-state index contributed by atoms with van der Waals surface area (Å²) < 4.78 is 5.52. The number of rotatable bonds is 6. The van der Waals surface area contributed by atoms with Crippen LogP contribution in [-0.4, -0.2) is 27.0 Å². The zero-order valence-electron chi connectivity index (χ0n) is 15.0. The maximum atomic E-state index is 12.4. The van der Waals surface area contributed by atoms with Gasteiger partial charge in [-0.25, -0.2) is 9.78 Å². The van der Waals surface area contributed by atoms with Gasteiger partial charge in [0.15, 0.2) is 0 Å². The minimum Gasteiger partial charge on any atom is -0.465 e. The summed E-state index contributed by atoms with van der Waals surface area (Å²) in [5.41, 5.74) is -0.0709. The molecule has 0 radical (unpaired) electrons. The Morgan fingerprint density at radius 3 is 2.40 bits per heavy atom. The maximum absolute atomic E-state index is 12.4. The largest absolute Gasteiger partial charge is 0.465 e. The van der Waals surface area contributed by atoms with Crippen molar-refractivity contribution >= 4 is 40.8 Å². The number of aromatic nitrogens is 1. The van der Waals surface area contributed by atoms with Crippen LogP contribution < -0.4 is 15.4 Å². The quantitative estimate of drug-likeness (QED) is 0.378. The molecule has 0 fully saturated rings. The molecule has 0 aliphatic rings. The Kier molecular flexibility index (Phi) is 6.08. The van der Waals surface area contributed by atoms with Gasteiger partial charge in [0.2, 0.25) is 5.75 Å². The monoisotopic (exact) mass is 428 g/mol. The van der Waals surface area contributed by atoms with Crippen molar-refractivity contribution in [3.05, 3.63) is 81.5 Å². The van der Waals surface area contributed by atoms with E-state index in [2.05, 4.69) is 15.6 Å². The van der Waals surface area contributed by atoms with Crippen LogP contribution in [-0.2, 0) is 0 Å². The predicted molar refractivity (Wildman–Crippen MR) is 108 cm³/mol. The first-order valence-electron chi connectivity index (χ1n) is 8.31. The molecule has 2 amide bonds. The van der Waals surface area contributed by atoms with Gasteiger partial charge in [0.1, 0.15) is 11.6 Å². The summed E-state index contributed by atoms with van der Waals surface area (Å²) in [6.45, 7) is 0. The Morgan fingerprint density at radius 2 is 1.80 bits per heavy atom. The molecule has 0 saturated carbocycles. The molecule has 1 heterocycles. The Labute approximate surface area is 174 Å². The van der Waals surface area contributed by atoms with E-state index in [4.69, 9.17) is 21.4 Å². The lowest BCUT2D eigenvalue weighted by Gasteiger charge is -2.09. The van der Waals surface area contributed by atoms with Crippen molar-refractivity contribution in [1.82, 2.24) is 4.98 Å². The van der Waals surface area contributed by atoms with Crippen molar-refractivity contribution < 1.29 is 24.4 Å². The van der Waals surface area contributed by atoms with Crippen LogP contribution in [0.5, 0.6) is 11.5 Å². The van der Waals surface area contributed by atoms with Crippen molar-refractivity contribution in [2.45, 2.75) is 0 Å². The van der Waals surface area contributed by atoms with Crippen molar-refractivity contribution in [3.63, 3.8) is 0 Å². The van der Waals surface area contributed by atoms with Crippen LogP contribution in [0.3, 0.4) is 0 Å². The average Bonchev–Trinajstić information content (AvgIpc) is 2.71. The van der Waals surface area contributed by atoms with Gasteiger partial charge in [-0.1, -0.05) is 11.6 Å². The number of nitrogens with zero attached hydrogens (tertiary/aromatic N) is 2. The molecule has 3 rings (SSSR count). The molecule has 10 nitrogen and oxygen atoms in total. The smallest absolute Gasteiger partial charge is 0.409 e. The highest BCUT2D eigenvalue weighted by atomic mass is 35.5. The van der Waals surface area contributed by atoms with Gasteiger partial charge in [0, 0.05) is 23.5 Å². The number of anilines is 2. The van der Waals surface area contributed by atoms with Crippen LogP contribution in [0.1, 0.15) is 10.4 Å². The van der Waals surface area contributed by atoms with Crippen molar-refractivity contribution in [2.75, 3.05) is 10.6 Å². The third-order valence-electron chi connectivity index (χ3n) is 3.72. The Hall–Kier alpha value is -4.18. The first-order valence-corrected chi connectivity index (χ1v) is 8.69. The fraction of sp³-hybridized carbons (Fsp3) is 0. The molecule has 0 atom stereocenters. The zero-order valence-corrected chi connectivity index (χ0v) is 15.8. The van der Waals surface area contributed by atoms with E-state index >= 15 is 0 Å². The van der Waals surface area contributed by atoms with Gasteiger partial charge in [-0.15, -0.1) is 0 Å². The van der Waals surface area contributed by atoms with E-state index in [1.165, 1.54) is 48.7 Å². The number of nitro benzene ring substituents is 1. The second-order valence-electron chi connectivity index (χ2n) is 5.81. The molecule has 11 heteroatoms. The summed E-state index contributed by atoms with van der Waals surface area (Å²) >= 11 is 5.74. The number of carbonyl (C=O) groups is 2. The first kappa shape index (κ1) is 20.6. The number of hydrogen-bond donors (Lipinski definition) is 3. The molecule has 30 heavy (non-hydrogen) atoms. The predicted octanol–water partition coefficient (Wildman–Crippen LogP) is 4.78. The number of carbonyl (C=O) groups excluding carboxylic acids is 1. The lowest BCUT2D eigenvalue weighted by Crippen LogP contribution is -2.13. The van der Waals surface area contributed by atoms with Crippen LogP contribution in [0.15, 0.2) is 60.8 Å². The fourth-order valence-electron chi connectivity index (χ4n) is 2.38. The molecule has 0 spiro atoms. The summed E-state index contributed by atoms with van der Waals surface area (Å²) in [5.74, 6) is -0.192. The molecule has 2 aromatic carbocycles. The topological polar surface area (TPSA) is 144 Å². The third kappa shape index (κ3) is 5.20. The summed E-state index contributed by atoms with van der Waals surface area (Å²) in [7, 11) is 0. The third-order valence-corrected chi connectivity index (χ3v) is 3.94. The van der Waals surface area contributed by atoms with Gasteiger partial charge in [-0.2, -0.15) is 0 Å². The number of nitro groups is 1. The van der Waals surface area contributed by atoms with Crippen molar-refractivity contribution in [3.8, 4) is 11.5 Å². The van der Waals surface area contributed by atoms with Gasteiger partial charge in [0.25, 0.3) is 5.91 Å². The van der Waals surface area contributed by atoms with E-state index in [-0.39, 0.29) is 22.9 Å². The van der Waals surface area contributed by atoms with Gasteiger partial charge < -0.3 is 15.2 Å². The van der Waals surface area contributed by atoms with E-state index in [0.717, 1.165) is 6.07 Å². The first-order chi connectivity index (χ1) is 14.3. The molecular formula is C19H13ClN4O6. The van der Waals surface area contributed by atoms with Gasteiger partial charge in [-0.05, 0) is 48.5 Å². The minimum absolute atomic E-state index is 0.0341. The fourth-order valence-corrected chi connectivity index (χ4v) is 2.49. The lowest BCUT2D eigenvalue weighted by molar-refractivity contribution is -0.385. The molecule has 3 aromatic rings. The molecule has 152 valence electrons. The van der Waals surface area contributed by atoms with E-state index in [1.54, 1.807) is 6.07 Å². The van der Waals surface area contributed by atoms with Crippen molar-refractivity contribution in [1.29, 1.82) is 0 Å². The SMILES string of the molecule is O=C(O)Nc1ccc(Oc2ccc(C(=O)Nc3ccc(Cl)cn3)cc2[N+](=O)[O-])cc1. The van der Waals surface area contributed by atoms with E-state index in [0.29, 0.717) is 10.7 Å². The van der Waals surface area contributed by atoms with E-state index < -0.39 is 22.6 Å². The second kappa shape index (κ2) is 8.88. The van der Waals surface area contributed by atoms with Crippen LogP contribution >= 0.6 is 11.6 Å². The summed E-state index contributed by atoms with van der Waals surface area (Å²) in [5, 5.41) is 25.2. The lowest BCUT2D eigenvalue weighted by atomic mass is 10.1. The van der Waals surface area contributed by atoms with Crippen molar-refractivity contribution in [2.24, 2.45) is 0 Å². The number of benzene rings is 2. The summed E-state index contributed by atoms with van der Waals surface area (Å²) in [4.78, 5) is 37.7. The van der Waals surface area contributed by atoms with Crippen LogP contribution in [0.25, 0.3) is 0 Å².